The van der Waals surface area contributed by atoms with Gasteiger partial charge in [0.05, 0.1) is 57.9 Å². The zero-order valence-corrected chi connectivity index (χ0v) is 49.6. The molecule has 4 fully saturated rings. The summed E-state index contributed by atoms with van der Waals surface area (Å²) in [6, 6.07) is 4.45. The molecule has 0 bridgehead atoms. The highest BCUT2D eigenvalue weighted by molar-refractivity contribution is 7.91. The lowest BCUT2D eigenvalue weighted by Crippen LogP contribution is -2.58. The molecule has 10 atom stereocenters. The van der Waals surface area contributed by atoms with Gasteiger partial charge in [-0.2, -0.15) is 0 Å². The number of aromatic nitrogens is 2. The maximum atomic E-state index is 14.9. The van der Waals surface area contributed by atoms with Crippen molar-refractivity contribution in [3.05, 3.63) is 83.4 Å². The second kappa shape index (κ2) is 26.6. The van der Waals surface area contributed by atoms with E-state index in [4.69, 9.17) is 0 Å². The van der Waals surface area contributed by atoms with Gasteiger partial charge in [0.1, 0.15) is 35.6 Å². The molecule has 454 valence electrons. The molecule has 26 heteroatoms. The van der Waals surface area contributed by atoms with Crippen LogP contribution in [0.5, 0.6) is 0 Å². The van der Waals surface area contributed by atoms with Gasteiger partial charge >= 0.3 is 0 Å². The van der Waals surface area contributed by atoms with Crippen LogP contribution in [0, 0.1) is 11.8 Å². The van der Waals surface area contributed by atoms with Gasteiger partial charge in [0.2, 0.25) is 35.4 Å². The number of fused-ring (bicyclic) bond motifs is 2. The van der Waals surface area contributed by atoms with Gasteiger partial charge in [0, 0.05) is 25.2 Å². The van der Waals surface area contributed by atoms with Crippen LogP contribution in [-0.4, -0.2) is 171 Å². The van der Waals surface area contributed by atoms with E-state index in [0.29, 0.717) is 36.8 Å². The Kier molecular flexibility index (Phi) is 19.5. The number of carbonyl (C=O) groups is 8. The first-order valence-electron chi connectivity index (χ1n) is 29.4. The third-order valence-electron chi connectivity index (χ3n) is 17.8. The van der Waals surface area contributed by atoms with E-state index in [0.717, 1.165) is 50.9 Å². The number of benzene rings is 2. The maximum Gasteiger partial charge on any atom is 0.271 e. The van der Waals surface area contributed by atoms with E-state index in [-0.39, 0.29) is 83.3 Å². The number of likely N-dealkylation sites (N-methyl/N-ethyl adjacent to an activating group) is 2. The fraction of sp³-hybridized carbons (Fsp3) is 0.586. The number of carbonyl (C=O) groups excluding carboxylic acids is 8. The van der Waals surface area contributed by atoms with Crippen LogP contribution in [0.4, 0.5) is 0 Å². The SMILES string of the molecule is CN[C@@H](C)C(=O)N[C@H](C(=O)N1C[C@@H](NC(=O)c2cnc(C(=O)N[C@H]3C[C@@H](C(=O)NC4CCS(=O)(=O)c5ccccc54)N(C(=O)[C@@H](NC(=O)[C@H](C)NC)C4CCCCC4)C3)cn2)C[C@H]1C(=O)NC1CCS(=O)(=O)c2ccccc21)C1CCCCC1. The van der Waals surface area contributed by atoms with Crippen molar-refractivity contribution in [2.75, 3.05) is 38.7 Å². The van der Waals surface area contributed by atoms with Crippen LogP contribution >= 0.6 is 0 Å². The summed E-state index contributed by atoms with van der Waals surface area (Å²) < 4.78 is 52.0. The van der Waals surface area contributed by atoms with E-state index >= 15 is 0 Å². The zero-order valence-electron chi connectivity index (χ0n) is 47.9. The van der Waals surface area contributed by atoms with Crippen LogP contribution in [0.25, 0.3) is 0 Å². The maximum absolute atomic E-state index is 14.9. The Bertz CT molecular complexity index is 3000. The summed E-state index contributed by atoms with van der Waals surface area (Å²) in [5.74, 6) is -5.14. The predicted molar refractivity (Wildman–Crippen MR) is 307 cm³/mol. The Morgan fingerprint density at radius 2 is 0.881 bits per heavy atom. The minimum Gasteiger partial charge on any atom is -0.347 e. The highest BCUT2D eigenvalue weighted by Gasteiger charge is 2.48. The molecule has 24 nitrogen and oxygen atoms in total. The number of rotatable bonds is 18. The molecule has 2 aromatic carbocycles. The molecule has 0 spiro atoms. The van der Waals surface area contributed by atoms with E-state index in [1.165, 1.54) is 21.9 Å². The Morgan fingerprint density at radius 3 is 1.24 bits per heavy atom. The van der Waals surface area contributed by atoms with Gasteiger partial charge in [-0.05, 0) is 114 Å². The number of sulfone groups is 2. The lowest BCUT2D eigenvalue weighted by Gasteiger charge is -2.35. The average Bonchev–Trinajstić information content (AvgIpc) is 3.78. The lowest BCUT2D eigenvalue weighted by molar-refractivity contribution is -0.143. The molecule has 8 amide bonds. The molecule has 8 N–H and O–H groups in total. The lowest BCUT2D eigenvalue weighted by atomic mass is 9.83. The summed E-state index contributed by atoms with van der Waals surface area (Å²) >= 11 is 0. The predicted octanol–water partition coefficient (Wildman–Crippen LogP) is 1.29. The van der Waals surface area contributed by atoms with Crippen molar-refractivity contribution >= 4 is 66.9 Å². The van der Waals surface area contributed by atoms with E-state index in [2.05, 4.69) is 52.5 Å². The minimum absolute atomic E-state index is 0.0409. The number of amides is 8. The van der Waals surface area contributed by atoms with Gasteiger partial charge in [0.15, 0.2) is 19.7 Å². The summed E-state index contributed by atoms with van der Waals surface area (Å²) in [5.41, 5.74) is 0.470. The van der Waals surface area contributed by atoms with Crippen molar-refractivity contribution in [3.63, 3.8) is 0 Å². The monoisotopic (exact) mass is 1200 g/mol. The van der Waals surface area contributed by atoms with Crippen LogP contribution in [-0.2, 0) is 48.4 Å². The first-order valence-corrected chi connectivity index (χ1v) is 32.7. The van der Waals surface area contributed by atoms with Crippen LogP contribution in [0.3, 0.4) is 0 Å². The molecule has 2 saturated carbocycles. The van der Waals surface area contributed by atoms with Gasteiger partial charge in [-0.3, -0.25) is 38.4 Å². The van der Waals surface area contributed by atoms with Crippen molar-refractivity contribution < 1.29 is 55.2 Å². The minimum atomic E-state index is -3.59. The van der Waals surface area contributed by atoms with Gasteiger partial charge in [0.25, 0.3) is 11.8 Å². The molecule has 9 rings (SSSR count). The van der Waals surface area contributed by atoms with Gasteiger partial charge in [-0.25, -0.2) is 26.8 Å². The van der Waals surface area contributed by atoms with E-state index in [1.54, 1.807) is 64.3 Å². The molecule has 0 radical (unpaired) electrons. The van der Waals surface area contributed by atoms with Crippen LogP contribution in [0.2, 0.25) is 0 Å². The van der Waals surface area contributed by atoms with Crippen molar-refractivity contribution in [1.29, 1.82) is 0 Å². The second-order valence-electron chi connectivity index (χ2n) is 23.3. The third kappa shape index (κ3) is 13.8. The molecule has 5 heterocycles. The van der Waals surface area contributed by atoms with Crippen LogP contribution < -0.4 is 42.5 Å². The standard InChI is InChI=1S/C58H78N12O12S2/c1-33(59-3)51(71)67-49(35-15-7-5-8-16-35)57(77)69-31-37(27-45(69)55(75)65-41-23-25-83(79,80)47-21-13-11-19-39(41)47)63-53(73)43-29-62-44(30-61-43)54(74)64-38-28-46(56(76)66-42-24-26-84(81,82)48-22-14-12-20-40(42)48)70(32-38)58(78)50(36-17-9-6-10-18-36)68-52(72)34(2)60-4/h11-14,19-22,29-30,33-38,41-42,45-46,49-50,59-60H,5-10,15-18,23-28,31-32H2,1-4H3,(H,63,73)(H,64,74)(H,65,75)(H,66,76)(H,67,71)(H,68,72)/t33-,34-,37-,38-,41?,42?,45-,46-,49-,50-/m0/s1. The van der Waals surface area contributed by atoms with E-state index in [9.17, 15) is 55.2 Å². The van der Waals surface area contributed by atoms with Crippen molar-refractivity contribution in [3.8, 4) is 0 Å². The Morgan fingerprint density at radius 1 is 0.512 bits per heavy atom. The normalized spacial score (nSPS) is 25.3. The summed E-state index contributed by atoms with van der Waals surface area (Å²) in [5, 5.41) is 23.5. The van der Waals surface area contributed by atoms with Gasteiger partial charge in [-0.1, -0.05) is 74.9 Å². The molecule has 2 aliphatic carbocycles. The highest BCUT2D eigenvalue weighted by atomic mass is 32.2. The quantitative estimate of drug-likeness (QED) is 0.0890. The number of nitrogens with zero attached hydrogens (tertiary/aromatic N) is 4. The molecular weight excluding hydrogens is 1120 g/mol. The summed E-state index contributed by atoms with van der Waals surface area (Å²) in [7, 11) is -3.92. The zero-order chi connectivity index (χ0) is 60.0. The topological polar surface area (TPSA) is 333 Å². The molecule has 2 unspecified atom stereocenters. The molecule has 1 aromatic heterocycles. The van der Waals surface area contributed by atoms with Gasteiger partial charge < -0.3 is 52.3 Å². The Balaban J connectivity index is 0.912. The molecule has 6 aliphatic rings. The molecule has 2 saturated heterocycles. The second-order valence-corrected chi connectivity index (χ2v) is 27.5. The van der Waals surface area contributed by atoms with Crippen LogP contribution in [0.15, 0.2) is 70.7 Å². The molecule has 3 aromatic rings. The first kappa shape index (κ1) is 61.7. The van der Waals surface area contributed by atoms with Crippen molar-refractivity contribution in [2.45, 2.75) is 174 Å². The molecule has 84 heavy (non-hydrogen) atoms. The summed E-state index contributed by atoms with van der Waals surface area (Å²) in [6.07, 6.45) is 10.4. The number of hydrogen-bond donors (Lipinski definition) is 8. The largest absolute Gasteiger partial charge is 0.347 e. The van der Waals surface area contributed by atoms with Crippen molar-refractivity contribution in [1.82, 2.24) is 62.3 Å². The smallest absolute Gasteiger partial charge is 0.271 e. The Hall–Kier alpha value is -6.90. The summed E-state index contributed by atoms with van der Waals surface area (Å²) in [6.45, 7) is 3.11. The van der Waals surface area contributed by atoms with Crippen LogP contribution in [0.1, 0.15) is 148 Å². The fourth-order valence-electron chi connectivity index (χ4n) is 12.8. The van der Waals surface area contributed by atoms with Gasteiger partial charge in [-0.15, -0.1) is 0 Å². The van der Waals surface area contributed by atoms with Crippen molar-refractivity contribution in [2.24, 2.45) is 11.8 Å². The molecule has 4 aliphatic heterocycles. The first-order chi connectivity index (χ1) is 40.2. The molecular formula is C58H78N12O12S2. The number of hydrogen-bond acceptors (Lipinski definition) is 16. The number of nitrogens with one attached hydrogen (secondary N) is 8. The third-order valence-corrected chi connectivity index (χ3v) is 21.5. The van der Waals surface area contributed by atoms with E-state index in [1.807, 2.05) is 0 Å². The number of likely N-dealkylation sites (tertiary alicyclic amines) is 2. The fourth-order valence-corrected chi connectivity index (χ4v) is 16.1. The summed E-state index contributed by atoms with van der Waals surface area (Å²) in [4.78, 5) is 125. The van der Waals surface area contributed by atoms with E-state index < -0.39 is 127 Å². The average molecular weight is 1200 g/mol. The highest BCUT2D eigenvalue weighted by Crippen LogP contribution is 2.36. The Labute approximate surface area is 490 Å².